The van der Waals surface area contributed by atoms with Crippen molar-refractivity contribution in [3.63, 3.8) is 0 Å². The maximum absolute atomic E-state index is 12.1. The predicted molar refractivity (Wildman–Crippen MR) is 107 cm³/mol. The molecular weight excluding hydrogens is 366 g/mol. The Morgan fingerprint density at radius 2 is 1.54 bits per heavy atom. The zero-order valence-corrected chi connectivity index (χ0v) is 16.8. The molecule has 0 saturated carbocycles. The van der Waals surface area contributed by atoms with E-state index in [9.17, 15) is 4.79 Å². The van der Waals surface area contributed by atoms with Crippen LogP contribution in [0, 0.1) is 0 Å². The van der Waals surface area contributed by atoms with E-state index in [1.165, 1.54) is 28.4 Å². The van der Waals surface area contributed by atoms with E-state index in [1.54, 1.807) is 32.0 Å². The number of nitrogens with zero attached hydrogens (tertiary/aromatic N) is 4. The molecule has 0 unspecified atom stereocenters. The van der Waals surface area contributed by atoms with Crippen molar-refractivity contribution in [2.75, 3.05) is 28.4 Å². The lowest BCUT2D eigenvalue weighted by molar-refractivity contribution is -0.114. The van der Waals surface area contributed by atoms with Gasteiger partial charge in [-0.15, -0.1) is 0 Å². The number of carbonyl (C=O) groups is 1. The molecule has 0 aliphatic carbocycles. The van der Waals surface area contributed by atoms with Crippen molar-refractivity contribution in [2.24, 2.45) is 20.6 Å². The Hall–Kier alpha value is -3.43. The molecule has 0 spiro atoms. The number of nitrogens with one attached hydrogen (secondary N) is 1. The quantitative estimate of drug-likeness (QED) is 0.481. The van der Waals surface area contributed by atoms with E-state index in [2.05, 4.69) is 25.9 Å². The van der Waals surface area contributed by atoms with E-state index < -0.39 is 0 Å². The van der Waals surface area contributed by atoms with Crippen LogP contribution in [0.15, 0.2) is 44.9 Å². The third kappa shape index (κ3) is 6.38. The lowest BCUT2D eigenvalue weighted by Crippen LogP contribution is -2.29. The van der Waals surface area contributed by atoms with Crippen molar-refractivity contribution in [3.05, 3.63) is 35.4 Å². The molecule has 10 heteroatoms. The molecule has 0 atom stereocenters. The van der Waals surface area contributed by atoms with Crippen molar-refractivity contribution < 1.29 is 24.1 Å². The van der Waals surface area contributed by atoms with Crippen molar-refractivity contribution in [1.29, 1.82) is 0 Å². The molecule has 0 radical (unpaired) electrons. The second-order valence-corrected chi connectivity index (χ2v) is 5.29. The van der Waals surface area contributed by atoms with Gasteiger partial charge in [-0.25, -0.2) is 0 Å². The highest BCUT2D eigenvalue weighted by Crippen LogP contribution is 2.13. The highest BCUT2D eigenvalue weighted by molar-refractivity contribution is 6.67. The van der Waals surface area contributed by atoms with E-state index in [1.807, 2.05) is 6.07 Å². The molecule has 0 aromatic heterocycles. The van der Waals surface area contributed by atoms with Crippen LogP contribution >= 0.6 is 0 Å². The molecule has 0 heterocycles. The van der Waals surface area contributed by atoms with Gasteiger partial charge < -0.3 is 24.7 Å². The summed E-state index contributed by atoms with van der Waals surface area (Å²) in [6.07, 6.45) is 0. The molecule has 10 nitrogen and oxygen atoms in total. The van der Waals surface area contributed by atoms with E-state index in [-0.39, 0.29) is 18.2 Å². The second-order valence-electron chi connectivity index (χ2n) is 5.29. The molecule has 1 amide bonds. The third-order valence-electron chi connectivity index (χ3n) is 3.41. The number of oxime groups is 4. The summed E-state index contributed by atoms with van der Waals surface area (Å²) in [4.78, 5) is 31.9. The summed E-state index contributed by atoms with van der Waals surface area (Å²) in [7, 11) is 5.73. The summed E-state index contributed by atoms with van der Waals surface area (Å²) in [6.45, 7) is 3.49. The maximum atomic E-state index is 12.1. The van der Waals surface area contributed by atoms with E-state index >= 15 is 0 Å². The van der Waals surface area contributed by atoms with Gasteiger partial charge in [0.15, 0.2) is 11.4 Å². The second kappa shape index (κ2) is 12.0. The normalized spacial score (nSPS) is 13.1. The van der Waals surface area contributed by atoms with Crippen molar-refractivity contribution >= 4 is 28.8 Å². The van der Waals surface area contributed by atoms with Crippen molar-refractivity contribution in [2.45, 2.75) is 20.5 Å². The van der Waals surface area contributed by atoms with Crippen LogP contribution < -0.4 is 5.32 Å². The fourth-order valence-electron chi connectivity index (χ4n) is 2.21. The van der Waals surface area contributed by atoms with Crippen LogP contribution in [0.2, 0.25) is 0 Å². The summed E-state index contributed by atoms with van der Waals surface area (Å²) < 4.78 is 0. The van der Waals surface area contributed by atoms with Gasteiger partial charge in [0.05, 0.1) is 0 Å². The Balaban J connectivity index is 3.06. The Kier molecular flexibility index (Phi) is 9.73. The molecule has 0 aliphatic rings. The van der Waals surface area contributed by atoms with Gasteiger partial charge in [0, 0.05) is 18.2 Å². The van der Waals surface area contributed by atoms with E-state index in [0.717, 1.165) is 0 Å². The van der Waals surface area contributed by atoms with Crippen LogP contribution in [0.5, 0.6) is 0 Å². The molecule has 152 valence electrons. The number of amides is 1. The van der Waals surface area contributed by atoms with Gasteiger partial charge in [-0.1, -0.05) is 44.9 Å². The zero-order valence-electron chi connectivity index (χ0n) is 16.8. The summed E-state index contributed by atoms with van der Waals surface area (Å²) in [5.41, 5.74) is 2.70. The smallest absolute Gasteiger partial charge is 0.273 e. The van der Waals surface area contributed by atoms with Gasteiger partial charge in [-0.3, -0.25) is 4.79 Å². The fourth-order valence-corrected chi connectivity index (χ4v) is 2.21. The van der Waals surface area contributed by atoms with Crippen molar-refractivity contribution in [3.8, 4) is 0 Å². The number of carbonyl (C=O) groups excluding carboxylic acids is 1. The van der Waals surface area contributed by atoms with E-state index in [0.29, 0.717) is 28.3 Å². The minimum Gasteiger partial charge on any atom is -0.399 e. The monoisotopic (exact) mass is 391 g/mol. The Morgan fingerprint density at radius 1 is 0.929 bits per heavy atom. The standard InChI is InChI=1S/C18H25N5O5/c1-12(20-25-4)16(22-26-5)13(2)21-28-11-14-9-7-8-10-15(14)17(23-27-6)18(24)19-3/h7-10H,11H2,1-6H3,(H,19,24)/b20-12+,21-13+,22-16+,23-17-. The Morgan fingerprint density at radius 3 is 2.14 bits per heavy atom. The Bertz CT molecular complexity index is 786. The lowest BCUT2D eigenvalue weighted by atomic mass is 10.0. The summed E-state index contributed by atoms with van der Waals surface area (Å²) >= 11 is 0. The van der Waals surface area contributed by atoms with Gasteiger partial charge in [0.1, 0.15) is 39.4 Å². The number of hydrogen-bond donors (Lipinski definition) is 1. The van der Waals surface area contributed by atoms with Gasteiger partial charge in [0.2, 0.25) is 0 Å². The van der Waals surface area contributed by atoms with Crippen LogP contribution in [0.4, 0.5) is 0 Å². The molecule has 0 aliphatic heterocycles. The first-order chi connectivity index (χ1) is 13.5. The lowest BCUT2D eigenvalue weighted by Gasteiger charge is -2.10. The fraction of sp³-hybridized carbons (Fsp3) is 0.389. The average Bonchev–Trinajstić information content (AvgIpc) is 2.70. The summed E-state index contributed by atoms with van der Waals surface area (Å²) in [5, 5.41) is 18.1. The minimum atomic E-state index is -0.380. The topological polar surface area (TPSA) is 115 Å². The van der Waals surface area contributed by atoms with E-state index in [4.69, 9.17) is 19.4 Å². The number of hydrogen-bond acceptors (Lipinski definition) is 9. The van der Waals surface area contributed by atoms with Crippen LogP contribution in [0.3, 0.4) is 0 Å². The molecular formula is C18H25N5O5. The van der Waals surface area contributed by atoms with Crippen LogP contribution in [-0.4, -0.2) is 57.1 Å². The summed E-state index contributed by atoms with van der Waals surface area (Å²) in [5.74, 6) is -0.380. The first-order valence-electron chi connectivity index (χ1n) is 8.27. The number of likely N-dealkylation sites (N-methyl/N-ethyl adjacent to an activating group) is 1. The number of rotatable bonds is 10. The molecule has 0 fully saturated rings. The molecule has 0 saturated heterocycles. The van der Waals surface area contributed by atoms with Crippen LogP contribution in [0.1, 0.15) is 25.0 Å². The summed E-state index contributed by atoms with van der Waals surface area (Å²) in [6, 6.07) is 7.15. The maximum Gasteiger partial charge on any atom is 0.273 e. The SMILES string of the molecule is CNC(=O)/C(=N\OC)c1ccccc1CO/N=C(C)/C(=N/OC)C(/C)=N/OC. The van der Waals surface area contributed by atoms with Gasteiger partial charge >= 0.3 is 0 Å². The molecule has 1 aromatic rings. The molecule has 1 N–H and O–H groups in total. The van der Waals surface area contributed by atoms with Gasteiger partial charge in [0.25, 0.3) is 5.91 Å². The van der Waals surface area contributed by atoms with Crippen LogP contribution in [-0.2, 0) is 30.8 Å². The largest absolute Gasteiger partial charge is 0.399 e. The molecule has 28 heavy (non-hydrogen) atoms. The van der Waals surface area contributed by atoms with Crippen LogP contribution in [0.25, 0.3) is 0 Å². The Labute approximate surface area is 163 Å². The molecule has 0 bridgehead atoms. The van der Waals surface area contributed by atoms with Gasteiger partial charge in [-0.2, -0.15) is 0 Å². The zero-order chi connectivity index (χ0) is 20.9. The highest BCUT2D eigenvalue weighted by Gasteiger charge is 2.17. The molecule has 1 rings (SSSR count). The minimum absolute atomic E-state index is 0.0912. The molecule has 1 aromatic carbocycles. The highest BCUT2D eigenvalue weighted by atomic mass is 16.6. The predicted octanol–water partition coefficient (Wildman–Crippen LogP) is 1.70. The first kappa shape index (κ1) is 22.6. The first-order valence-corrected chi connectivity index (χ1v) is 8.27. The van der Waals surface area contributed by atoms with Crippen molar-refractivity contribution in [1.82, 2.24) is 5.32 Å². The third-order valence-corrected chi connectivity index (χ3v) is 3.41. The average molecular weight is 391 g/mol. The van der Waals surface area contributed by atoms with Gasteiger partial charge in [-0.05, 0) is 13.8 Å². The number of benzene rings is 1.